The van der Waals surface area contributed by atoms with Gasteiger partial charge in [-0.25, -0.2) is 14.6 Å². The molecule has 8 heteroatoms. The van der Waals surface area contributed by atoms with Crippen LogP contribution in [0.2, 0.25) is 0 Å². The predicted molar refractivity (Wildman–Crippen MR) is 86.9 cm³/mol. The highest BCUT2D eigenvalue weighted by atomic mass is 16.5. The number of pyridine rings is 1. The average molecular weight is 346 g/mol. The lowest BCUT2D eigenvalue weighted by Crippen LogP contribution is -2.45. The van der Waals surface area contributed by atoms with Gasteiger partial charge in [-0.05, 0) is 11.6 Å². The van der Waals surface area contributed by atoms with Gasteiger partial charge in [-0.3, -0.25) is 0 Å². The number of rotatable bonds is 7. The van der Waals surface area contributed by atoms with Crippen molar-refractivity contribution in [3.05, 3.63) is 59.8 Å². The van der Waals surface area contributed by atoms with E-state index in [0.717, 1.165) is 5.56 Å². The second-order valence-electron chi connectivity index (χ2n) is 5.07. The van der Waals surface area contributed by atoms with Gasteiger partial charge in [0.2, 0.25) is 5.88 Å². The van der Waals surface area contributed by atoms with Gasteiger partial charge in [0.1, 0.15) is 12.7 Å². The Kier molecular flexibility index (Phi) is 6.30. The van der Waals surface area contributed by atoms with Crippen molar-refractivity contribution in [1.29, 1.82) is 0 Å². The van der Waals surface area contributed by atoms with Crippen molar-refractivity contribution in [3.63, 3.8) is 0 Å². The molecule has 2 aromatic rings. The minimum absolute atomic E-state index is 0.0213. The predicted octanol–water partition coefficient (Wildman–Crippen LogP) is 1.50. The number of aromatic nitrogens is 1. The summed E-state index contributed by atoms with van der Waals surface area (Å²) in [6.45, 7) is -0.0213. The summed E-state index contributed by atoms with van der Waals surface area (Å²) < 4.78 is 9.90. The van der Waals surface area contributed by atoms with Crippen molar-refractivity contribution >= 4 is 12.1 Å². The van der Waals surface area contributed by atoms with Crippen LogP contribution in [-0.2, 0) is 16.1 Å². The van der Waals surface area contributed by atoms with Gasteiger partial charge in [0.05, 0.1) is 12.8 Å². The third-order valence-electron chi connectivity index (χ3n) is 3.33. The van der Waals surface area contributed by atoms with Gasteiger partial charge in [-0.1, -0.05) is 36.4 Å². The number of carboxylic acids is 1. The van der Waals surface area contributed by atoms with Crippen LogP contribution in [0.5, 0.6) is 5.88 Å². The number of hydrogen-bond donors (Lipinski definition) is 3. The smallest absolute Gasteiger partial charge is 0.408 e. The van der Waals surface area contributed by atoms with E-state index in [0.29, 0.717) is 0 Å². The summed E-state index contributed by atoms with van der Waals surface area (Å²) in [4.78, 5) is 27.2. The van der Waals surface area contributed by atoms with Crippen LogP contribution in [0.25, 0.3) is 0 Å². The summed E-state index contributed by atoms with van der Waals surface area (Å²) in [5.74, 6) is -1.21. The average Bonchev–Trinajstić information content (AvgIpc) is 2.64. The molecule has 1 amide bonds. The summed E-state index contributed by atoms with van der Waals surface area (Å²) >= 11 is 0. The Morgan fingerprint density at radius 2 is 1.88 bits per heavy atom. The van der Waals surface area contributed by atoms with E-state index in [1.165, 1.54) is 13.2 Å². The molecule has 0 spiro atoms. The van der Waals surface area contributed by atoms with Crippen molar-refractivity contribution in [2.24, 2.45) is 0 Å². The SMILES string of the molecule is COc1cccc([C@@H](O)[C@H](NC(=O)OCc2ccccc2)C(=O)O)n1. The molecule has 0 fully saturated rings. The monoisotopic (exact) mass is 346 g/mol. The molecule has 1 aromatic heterocycles. The van der Waals surface area contributed by atoms with E-state index >= 15 is 0 Å². The van der Waals surface area contributed by atoms with Crippen molar-refractivity contribution < 1.29 is 29.3 Å². The molecule has 25 heavy (non-hydrogen) atoms. The molecule has 0 bridgehead atoms. The molecule has 0 saturated carbocycles. The Morgan fingerprint density at radius 1 is 1.16 bits per heavy atom. The number of benzene rings is 1. The molecule has 0 unspecified atom stereocenters. The van der Waals surface area contributed by atoms with Crippen LogP contribution in [0.3, 0.4) is 0 Å². The molecule has 132 valence electrons. The molecule has 0 saturated heterocycles. The van der Waals surface area contributed by atoms with Crippen LogP contribution in [0.15, 0.2) is 48.5 Å². The summed E-state index contributed by atoms with van der Waals surface area (Å²) in [5.41, 5.74) is 0.801. The van der Waals surface area contributed by atoms with E-state index in [9.17, 15) is 19.8 Å². The van der Waals surface area contributed by atoms with Crippen molar-refractivity contribution in [3.8, 4) is 5.88 Å². The summed E-state index contributed by atoms with van der Waals surface area (Å²) in [5, 5.41) is 21.6. The first kappa shape index (κ1) is 18.2. The maximum absolute atomic E-state index is 11.8. The largest absolute Gasteiger partial charge is 0.481 e. The minimum Gasteiger partial charge on any atom is -0.481 e. The van der Waals surface area contributed by atoms with Crippen LogP contribution in [-0.4, -0.2) is 40.4 Å². The molecular formula is C17H18N2O6. The number of carbonyl (C=O) groups excluding carboxylic acids is 1. The molecule has 0 aliphatic heterocycles. The summed E-state index contributed by atoms with van der Waals surface area (Å²) in [7, 11) is 1.40. The molecule has 8 nitrogen and oxygen atoms in total. The topological polar surface area (TPSA) is 118 Å². The van der Waals surface area contributed by atoms with Crippen LogP contribution in [0, 0.1) is 0 Å². The second kappa shape index (κ2) is 8.65. The van der Waals surface area contributed by atoms with Crippen LogP contribution in [0.4, 0.5) is 4.79 Å². The van der Waals surface area contributed by atoms with Gasteiger partial charge in [0.25, 0.3) is 0 Å². The zero-order chi connectivity index (χ0) is 18.2. The summed E-state index contributed by atoms with van der Waals surface area (Å²) in [6, 6.07) is 11.8. The maximum Gasteiger partial charge on any atom is 0.408 e. The van der Waals surface area contributed by atoms with E-state index in [1.54, 1.807) is 36.4 Å². The van der Waals surface area contributed by atoms with Crippen LogP contribution in [0.1, 0.15) is 17.4 Å². The quantitative estimate of drug-likeness (QED) is 0.695. The highest BCUT2D eigenvalue weighted by Crippen LogP contribution is 2.18. The fraction of sp³-hybridized carbons (Fsp3) is 0.235. The molecule has 2 rings (SSSR count). The first-order valence-corrected chi connectivity index (χ1v) is 7.40. The number of aliphatic hydroxyl groups excluding tert-OH is 1. The molecule has 3 N–H and O–H groups in total. The van der Waals surface area contributed by atoms with Crippen molar-refractivity contribution in [1.82, 2.24) is 10.3 Å². The third-order valence-corrected chi connectivity index (χ3v) is 3.33. The zero-order valence-electron chi connectivity index (χ0n) is 13.5. The number of nitrogens with one attached hydrogen (secondary N) is 1. The van der Waals surface area contributed by atoms with Gasteiger partial charge in [-0.15, -0.1) is 0 Å². The number of carboxylic acid groups (broad SMARTS) is 1. The number of aliphatic hydroxyl groups is 1. The Hall–Kier alpha value is -3.13. The number of ether oxygens (including phenoxy) is 2. The first-order chi connectivity index (χ1) is 12.0. The summed E-state index contributed by atoms with van der Waals surface area (Å²) in [6.07, 6.45) is -2.53. The van der Waals surface area contributed by atoms with Gasteiger partial charge in [0, 0.05) is 6.07 Å². The van der Waals surface area contributed by atoms with Crippen LogP contribution < -0.4 is 10.1 Å². The Morgan fingerprint density at radius 3 is 2.52 bits per heavy atom. The minimum atomic E-state index is -1.62. The lowest BCUT2D eigenvalue weighted by molar-refractivity contribution is -0.142. The van der Waals surface area contributed by atoms with Gasteiger partial charge in [0.15, 0.2) is 6.04 Å². The van der Waals surface area contributed by atoms with Crippen LogP contribution >= 0.6 is 0 Å². The van der Waals surface area contributed by atoms with Gasteiger partial charge >= 0.3 is 12.1 Å². The van der Waals surface area contributed by atoms with Crippen molar-refractivity contribution in [2.45, 2.75) is 18.8 Å². The molecule has 1 aromatic carbocycles. The maximum atomic E-state index is 11.8. The zero-order valence-corrected chi connectivity index (χ0v) is 13.5. The molecule has 1 heterocycles. The van der Waals surface area contributed by atoms with E-state index in [2.05, 4.69) is 10.3 Å². The second-order valence-corrected chi connectivity index (χ2v) is 5.07. The molecule has 0 radical (unpaired) electrons. The number of amides is 1. The fourth-order valence-electron chi connectivity index (χ4n) is 2.05. The Bertz CT molecular complexity index is 722. The lowest BCUT2D eigenvalue weighted by atomic mass is 10.1. The van der Waals surface area contributed by atoms with E-state index < -0.39 is 24.2 Å². The Balaban J connectivity index is 2.01. The number of alkyl carbamates (subject to hydrolysis) is 1. The van der Waals surface area contributed by atoms with Gasteiger partial charge in [-0.2, -0.15) is 0 Å². The van der Waals surface area contributed by atoms with E-state index in [4.69, 9.17) is 9.47 Å². The lowest BCUT2D eigenvalue weighted by Gasteiger charge is -2.20. The third kappa shape index (κ3) is 5.18. The highest BCUT2D eigenvalue weighted by molar-refractivity contribution is 5.80. The van der Waals surface area contributed by atoms with Gasteiger partial charge < -0.3 is 25.0 Å². The number of methoxy groups -OCH3 is 1. The Labute approximate surface area is 144 Å². The molecule has 2 atom stereocenters. The van der Waals surface area contributed by atoms with E-state index in [-0.39, 0.29) is 18.2 Å². The standard InChI is InChI=1S/C17H18N2O6/c1-24-13-9-5-8-12(18-13)15(20)14(16(21)22)19-17(23)25-10-11-6-3-2-4-7-11/h2-9,14-15,20H,10H2,1H3,(H,19,23)(H,21,22)/t14-,15+/m0/s1. The molecule has 0 aliphatic rings. The number of carbonyl (C=O) groups is 2. The fourth-order valence-corrected chi connectivity index (χ4v) is 2.05. The first-order valence-electron chi connectivity index (χ1n) is 7.40. The van der Waals surface area contributed by atoms with Crippen molar-refractivity contribution in [2.75, 3.05) is 7.11 Å². The normalized spacial score (nSPS) is 12.7. The highest BCUT2D eigenvalue weighted by Gasteiger charge is 2.31. The molecule has 0 aliphatic carbocycles. The number of nitrogens with zero attached hydrogens (tertiary/aromatic N) is 1. The number of hydrogen-bond acceptors (Lipinski definition) is 6. The van der Waals surface area contributed by atoms with E-state index in [1.807, 2.05) is 6.07 Å². The molecular weight excluding hydrogens is 328 g/mol. The number of aliphatic carboxylic acids is 1.